The van der Waals surface area contributed by atoms with Gasteiger partial charge in [0.2, 0.25) is 5.43 Å². The summed E-state index contributed by atoms with van der Waals surface area (Å²) in [5.41, 5.74) is 0.344. The molecule has 0 fully saturated rings. The van der Waals surface area contributed by atoms with Crippen molar-refractivity contribution in [2.24, 2.45) is 0 Å². The van der Waals surface area contributed by atoms with E-state index < -0.39 is 5.56 Å². The van der Waals surface area contributed by atoms with Crippen LogP contribution < -0.4 is 11.0 Å². The Hall–Kier alpha value is -1.95. The highest BCUT2D eigenvalue weighted by atomic mass is 35.5. The van der Waals surface area contributed by atoms with Gasteiger partial charge in [-0.1, -0.05) is 11.6 Å². The second-order valence-corrected chi connectivity index (χ2v) is 4.27. The molecule has 2 heterocycles. The minimum atomic E-state index is -0.449. The molecule has 1 aliphatic carbocycles. The number of hydrogen-bond acceptors (Lipinski definition) is 4. The van der Waals surface area contributed by atoms with Crippen molar-refractivity contribution < 1.29 is 0 Å². The molecule has 86 valence electrons. The van der Waals surface area contributed by atoms with Crippen molar-refractivity contribution in [2.45, 2.75) is 12.8 Å². The van der Waals surface area contributed by atoms with Crippen LogP contribution in [0.15, 0.2) is 14.6 Å². The van der Waals surface area contributed by atoms with E-state index in [0.717, 1.165) is 0 Å². The van der Waals surface area contributed by atoms with Crippen molar-refractivity contribution in [3.05, 3.63) is 36.9 Å². The molecule has 0 bridgehead atoms. The molecule has 17 heavy (non-hydrogen) atoms. The summed E-state index contributed by atoms with van der Waals surface area (Å²) < 4.78 is 0. The Balaban J connectivity index is 2.56. The molecule has 2 aromatic heterocycles. The van der Waals surface area contributed by atoms with E-state index in [1.54, 1.807) is 6.08 Å². The topological polar surface area (TPSA) is 91.5 Å². The highest BCUT2D eigenvalue weighted by Crippen LogP contribution is 2.21. The maximum Gasteiger partial charge on any atom is 0.278 e. The number of fused-ring (bicyclic) bond motifs is 2. The minimum absolute atomic E-state index is 0.0222. The van der Waals surface area contributed by atoms with Gasteiger partial charge in [0.1, 0.15) is 0 Å². The Morgan fingerprint density at radius 1 is 1.18 bits per heavy atom. The summed E-state index contributed by atoms with van der Waals surface area (Å²) in [4.78, 5) is 26.5. The van der Waals surface area contributed by atoms with Crippen molar-refractivity contribution >= 4 is 28.7 Å². The van der Waals surface area contributed by atoms with Crippen LogP contribution in [0.2, 0.25) is 0 Å². The lowest BCUT2D eigenvalue weighted by molar-refractivity contribution is 0.931. The molecule has 0 amide bonds. The largest absolute Gasteiger partial charge is 0.320 e. The number of nitrogens with zero attached hydrogens (tertiary/aromatic N) is 2. The zero-order chi connectivity index (χ0) is 12.0. The summed E-state index contributed by atoms with van der Waals surface area (Å²) >= 11 is 5.90. The Labute approximate surface area is 99.3 Å². The fourth-order valence-electron chi connectivity index (χ4n) is 1.91. The third-order valence-corrected chi connectivity index (χ3v) is 3.04. The number of hydrogen-bond donors (Lipinski definition) is 2. The van der Waals surface area contributed by atoms with Gasteiger partial charge in [0.05, 0.1) is 0 Å². The molecule has 0 aromatic carbocycles. The summed E-state index contributed by atoms with van der Waals surface area (Å²) in [6.45, 7) is 0. The van der Waals surface area contributed by atoms with E-state index in [4.69, 9.17) is 11.6 Å². The van der Waals surface area contributed by atoms with Gasteiger partial charge in [0.25, 0.3) is 5.56 Å². The molecular formula is C10H7ClN4O2. The van der Waals surface area contributed by atoms with Crippen LogP contribution in [0.3, 0.4) is 0 Å². The Morgan fingerprint density at radius 2 is 1.94 bits per heavy atom. The zero-order valence-electron chi connectivity index (χ0n) is 8.58. The molecule has 0 unspecified atom stereocenters. The molecule has 6 nitrogen and oxygen atoms in total. The number of halogens is 1. The van der Waals surface area contributed by atoms with Gasteiger partial charge in [-0.3, -0.25) is 9.59 Å². The summed E-state index contributed by atoms with van der Waals surface area (Å²) in [5, 5.41) is 10.3. The van der Waals surface area contributed by atoms with Gasteiger partial charge < -0.3 is 4.98 Å². The molecule has 1 aliphatic rings. The van der Waals surface area contributed by atoms with Crippen molar-refractivity contribution in [3.8, 4) is 0 Å². The van der Waals surface area contributed by atoms with Crippen molar-refractivity contribution in [2.75, 3.05) is 0 Å². The first-order valence-corrected chi connectivity index (χ1v) is 5.40. The van der Waals surface area contributed by atoms with E-state index in [1.807, 2.05) is 0 Å². The lowest BCUT2D eigenvalue weighted by Crippen LogP contribution is -2.12. The fourth-order valence-corrected chi connectivity index (χ4v) is 2.12. The monoisotopic (exact) mass is 250 g/mol. The number of aromatic nitrogens is 4. The third kappa shape index (κ3) is 1.49. The normalized spacial score (nSPS) is 14.5. The van der Waals surface area contributed by atoms with Gasteiger partial charge in [-0.2, -0.15) is 15.4 Å². The van der Waals surface area contributed by atoms with Gasteiger partial charge >= 0.3 is 0 Å². The van der Waals surface area contributed by atoms with E-state index in [2.05, 4.69) is 20.4 Å². The molecule has 0 saturated carbocycles. The molecule has 2 N–H and O–H groups in total. The van der Waals surface area contributed by atoms with Crippen molar-refractivity contribution in [1.29, 1.82) is 0 Å². The summed E-state index contributed by atoms with van der Waals surface area (Å²) in [6, 6.07) is 0. The first-order chi connectivity index (χ1) is 8.16. The van der Waals surface area contributed by atoms with E-state index in [-0.39, 0.29) is 16.5 Å². The molecule has 0 aliphatic heterocycles. The van der Waals surface area contributed by atoms with E-state index in [0.29, 0.717) is 29.1 Å². The molecule has 7 heteroatoms. The number of H-pyrrole nitrogens is 2. The maximum atomic E-state index is 12.1. The van der Waals surface area contributed by atoms with Gasteiger partial charge in [-0.05, 0) is 18.9 Å². The maximum absolute atomic E-state index is 12.1. The van der Waals surface area contributed by atoms with Gasteiger partial charge in [0, 0.05) is 16.3 Å². The van der Waals surface area contributed by atoms with Crippen LogP contribution in [0.4, 0.5) is 0 Å². The number of allylic oxidation sites excluding steroid dienone is 1. The second kappa shape index (κ2) is 3.53. The molecule has 2 aromatic rings. The van der Waals surface area contributed by atoms with Crippen LogP contribution in [0.5, 0.6) is 0 Å². The molecule has 0 saturated heterocycles. The van der Waals surface area contributed by atoms with Crippen molar-refractivity contribution in [1.82, 2.24) is 20.4 Å². The Bertz CT molecular complexity index is 759. The predicted molar refractivity (Wildman–Crippen MR) is 62.9 cm³/mol. The lowest BCUT2D eigenvalue weighted by Gasteiger charge is -2.07. The summed E-state index contributed by atoms with van der Waals surface area (Å²) in [6.07, 6.45) is 2.69. The number of aromatic amines is 2. The van der Waals surface area contributed by atoms with Gasteiger partial charge in [-0.25, -0.2) is 0 Å². The molecule has 0 radical (unpaired) electrons. The van der Waals surface area contributed by atoms with Crippen LogP contribution in [-0.4, -0.2) is 20.4 Å². The Morgan fingerprint density at radius 3 is 2.76 bits per heavy atom. The Kier molecular flexibility index (Phi) is 2.12. The third-order valence-electron chi connectivity index (χ3n) is 2.74. The minimum Gasteiger partial charge on any atom is -0.320 e. The summed E-state index contributed by atoms with van der Waals surface area (Å²) in [7, 11) is 0. The van der Waals surface area contributed by atoms with Crippen molar-refractivity contribution in [3.63, 3.8) is 0 Å². The number of rotatable bonds is 0. The smallest absolute Gasteiger partial charge is 0.278 e. The van der Waals surface area contributed by atoms with Crippen LogP contribution in [0.1, 0.15) is 17.7 Å². The predicted octanol–water partition coefficient (Wildman–Crippen LogP) is 0.532. The summed E-state index contributed by atoms with van der Waals surface area (Å²) in [5.74, 6) is 0. The quantitative estimate of drug-likeness (QED) is 0.714. The second-order valence-electron chi connectivity index (χ2n) is 3.79. The zero-order valence-corrected chi connectivity index (χ0v) is 9.34. The average molecular weight is 251 g/mol. The fraction of sp³-hybridized carbons (Fsp3) is 0.200. The molecule has 0 spiro atoms. The first kappa shape index (κ1) is 10.2. The highest BCUT2D eigenvalue weighted by Gasteiger charge is 2.17. The van der Waals surface area contributed by atoms with Gasteiger partial charge in [-0.15, -0.1) is 0 Å². The van der Waals surface area contributed by atoms with Crippen LogP contribution in [-0.2, 0) is 6.42 Å². The lowest BCUT2D eigenvalue weighted by atomic mass is 10.0. The SMILES string of the molecule is O=c1[nH]c2c(c(=O)c3n[nH]nc13)CCC(Cl)=C2. The molecule has 0 atom stereocenters. The van der Waals surface area contributed by atoms with E-state index >= 15 is 0 Å². The van der Waals surface area contributed by atoms with Crippen LogP contribution in [0.25, 0.3) is 17.1 Å². The van der Waals surface area contributed by atoms with E-state index in [1.165, 1.54) is 0 Å². The molecular weight excluding hydrogens is 244 g/mol. The molecule has 3 rings (SSSR count). The van der Waals surface area contributed by atoms with Crippen LogP contribution in [0, 0.1) is 0 Å². The standard InChI is InChI=1S/C10H7ClN4O2/c11-4-1-2-5-6(3-4)12-10(17)8-7(9(5)16)13-15-14-8/h3H,1-2H2,(H,12,17)(H,13,14,15). The first-order valence-electron chi connectivity index (χ1n) is 5.03. The van der Waals surface area contributed by atoms with E-state index in [9.17, 15) is 9.59 Å². The van der Waals surface area contributed by atoms with Crippen LogP contribution >= 0.6 is 11.6 Å². The highest BCUT2D eigenvalue weighted by molar-refractivity contribution is 6.31. The van der Waals surface area contributed by atoms with Gasteiger partial charge in [0.15, 0.2) is 11.0 Å². The average Bonchev–Trinajstić information content (AvgIpc) is 2.74. The number of nitrogens with one attached hydrogen (secondary N) is 2.